The summed E-state index contributed by atoms with van der Waals surface area (Å²) in [5, 5.41) is 4.95. The number of hydrogen-bond acceptors (Lipinski definition) is 4. The maximum Gasteiger partial charge on any atom is 0.299 e. The van der Waals surface area contributed by atoms with Crippen LogP contribution in [0, 0.1) is 0 Å². The lowest BCUT2D eigenvalue weighted by Crippen LogP contribution is -2.34. The van der Waals surface area contributed by atoms with Crippen molar-refractivity contribution in [1.82, 2.24) is 4.98 Å². The Morgan fingerprint density at radius 2 is 2.21 bits per heavy atom. The lowest BCUT2D eigenvalue weighted by Gasteiger charge is -2.17. The number of aromatic nitrogens is 1. The summed E-state index contributed by atoms with van der Waals surface area (Å²) in [5.41, 5.74) is 6.06. The molecule has 7 heteroatoms. The Bertz CT molecular complexity index is 417. The summed E-state index contributed by atoms with van der Waals surface area (Å²) in [6.07, 6.45) is 1.48. The number of nitrogens with zero attached hydrogens (tertiary/aromatic N) is 2. The molecule has 0 saturated heterocycles. The third-order valence-electron chi connectivity index (χ3n) is 1.77. The Balaban J connectivity index is 3.19. The van der Waals surface area contributed by atoms with E-state index in [2.05, 4.69) is 4.98 Å². The van der Waals surface area contributed by atoms with Crippen molar-refractivity contribution in [2.45, 2.75) is 6.54 Å². The van der Waals surface area contributed by atoms with E-state index in [1.54, 1.807) is 12.1 Å². The molecule has 0 aliphatic carbocycles. The van der Waals surface area contributed by atoms with Crippen molar-refractivity contribution >= 4 is 16.0 Å². The van der Waals surface area contributed by atoms with Crippen LogP contribution in [0.4, 0.5) is 5.82 Å². The standard InChI is InChI=1S/C7H12N4O2S/c1-11(14(9,12)13)7-6(5-8)3-2-4-10-7/h2-4H,5,8H2,1H3,(H2,9,12,13). The number of anilines is 1. The molecule has 1 heterocycles. The van der Waals surface area contributed by atoms with E-state index in [1.807, 2.05) is 0 Å². The van der Waals surface area contributed by atoms with E-state index in [1.165, 1.54) is 13.2 Å². The molecule has 0 aromatic carbocycles. The third kappa shape index (κ3) is 2.19. The molecule has 78 valence electrons. The molecule has 6 nitrogen and oxygen atoms in total. The fraction of sp³-hybridized carbons (Fsp3) is 0.286. The molecule has 1 aromatic heterocycles. The topological polar surface area (TPSA) is 102 Å². The van der Waals surface area contributed by atoms with Gasteiger partial charge in [-0.05, 0) is 6.07 Å². The molecule has 0 spiro atoms. The van der Waals surface area contributed by atoms with E-state index in [9.17, 15) is 8.42 Å². The van der Waals surface area contributed by atoms with Gasteiger partial charge in [-0.2, -0.15) is 8.42 Å². The van der Waals surface area contributed by atoms with Crippen LogP contribution in [0.25, 0.3) is 0 Å². The van der Waals surface area contributed by atoms with Crippen LogP contribution in [-0.4, -0.2) is 20.4 Å². The first kappa shape index (κ1) is 10.9. The SMILES string of the molecule is CN(c1ncccc1CN)S(N)(=O)=O. The summed E-state index contributed by atoms with van der Waals surface area (Å²) >= 11 is 0. The fourth-order valence-corrected chi connectivity index (χ4v) is 1.40. The molecule has 0 unspecified atom stereocenters. The average Bonchev–Trinajstić information content (AvgIpc) is 2.15. The predicted octanol–water partition coefficient (Wildman–Crippen LogP) is -0.820. The highest BCUT2D eigenvalue weighted by atomic mass is 32.2. The van der Waals surface area contributed by atoms with Gasteiger partial charge in [0.25, 0.3) is 10.2 Å². The quantitative estimate of drug-likeness (QED) is 0.689. The minimum atomic E-state index is -3.77. The normalized spacial score (nSPS) is 11.4. The average molecular weight is 216 g/mol. The van der Waals surface area contributed by atoms with Crippen molar-refractivity contribution in [3.8, 4) is 0 Å². The van der Waals surface area contributed by atoms with Crippen LogP contribution in [0.15, 0.2) is 18.3 Å². The molecule has 0 bridgehead atoms. The van der Waals surface area contributed by atoms with Gasteiger partial charge in [0.1, 0.15) is 5.82 Å². The van der Waals surface area contributed by atoms with Crippen LogP contribution in [-0.2, 0) is 16.8 Å². The monoisotopic (exact) mass is 216 g/mol. The molecule has 4 N–H and O–H groups in total. The van der Waals surface area contributed by atoms with Crippen molar-refractivity contribution in [2.24, 2.45) is 10.9 Å². The molecule has 0 radical (unpaired) electrons. The maximum atomic E-state index is 11.0. The summed E-state index contributed by atoms with van der Waals surface area (Å²) in [4.78, 5) is 3.90. The van der Waals surface area contributed by atoms with Gasteiger partial charge >= 0.3 is 0 Å². The molecule has 0 fully saturated rings. The molecule has 14 heavy (non-hydrogen) atoms. The summed E-state index contributed by atoms with van der Waals surface area (Å²) in [6, 6.07) is 3.38. The van der Waals surface area contributed by atoms with E-state index in [0.29, 0.717) is 5.56 Å². The van der Waals surface area contributed by atoms with E-state index < -0.39 is 10.2 Å². The molecule has 0 atom stereocenters. The van der Waals surface area contributed by atoms with Crippen molar-refractivity contribution in [3.63, 3.8) is 0 Å². The van der Waals surface area contributed by atoms with Crippen molar-refractivity contribution in [1.29, 1.82) is 0 Å². The Morgan fingerprint density at radius 1 is 1.57 bits per heavy atom. The zero-order chi connectivity index (χ0) is 10.8. The minimum absolute atomic E-state index is 0.211. The zero-order valence-corrected chi connectivity index (χ0v) is 8.53. The number of rotatable bonds is 3. The highest BCUT2D eigenvalue weighted by molar-refractivity contribution is 7.90. The van der Waals surface area contributed by atoms with Crippen LogP contribution in [0.2, 0.25) is 0 Å². The van der Waals surface area contributed by atoms with E-state index >= 15 is 0 Å². The molecule has 0 amide bonds. The molecule has 1 rings (SSSR count). The third-order valence-corrected chi connectivity index (χ3v) is 2.70. The molecular weight excluding hydrogens is 204 g/mol. The largest absolute Gasteiger partial charge is 0.326 e. The summed E-state index contributed by atoms with van der Waals surface area (Å²) in [7, 11) is -2.44. The smallest absolute Gasteiger partial charge is 0.299 e. The van der Waals surface area contributed by atoms with Crippen molar-refractivity contribution in [3.05, 3.63) is 23.9 Å². The summed E-state index contributed by atoms with van der Waals surface area (Å²) < 4.78 is 22.9. The maximum absolute atomic E-state index is 11.0. The second-order valence-electron chi connectivity index (χ2n) is 2.70. The van der Waals surface area contributed by atoms with Crippen LogP contribution in [0.1, 0.15) is 5.56 Å². The summed E-state index contributed by atoms with van der Waals surface area (Å²) in [6.45, 7) is 0.211. The van der Waals surface area contributed by atoms with Crippen LogP contribution in [0.3, 0.4) is 0 Å². The van der Waals surface area contributed by atoms with Crippen LogP contribution >= 0.6 is 0 Å². The van der Waals surface area contributed by atoms with Gasteiger partial charge in [0, 0.05) is 25.4 Å². The number of hydrogen-bond donors (Lipinski definition) is 2. The van der Waals surface area contributed by atoms with Crippen molar-refractivity contribution < 1.29 is 8.42 Å². The lowest BCUT2D eigenvalue weighted by atomic mass is 10.2. The second-order valence-corrected chi connectivity index (χ2v) is 4.28. The number of nitrogens with two attached hydrogens (primary N) is 2. The first-order chi connectivity index (χ1) is 6.46. The lowest BCUT2D eigenvalue weighted by molar-refractivity contribution is 0.595. The first-order valence-corrected chi connectivity index (χ1v) is 5.37. The molecular formula is C7H12N4O2S. The molecule has 0 saturated carbocycles. The van der Waals surface area contributed by atoms with Crippen LogP contribution in [0.5, 0.6) is 0 Å². The van der Waals surface area contributed by atoms with Gasteiger partial charge in [0.15, 0.2) is 0 Å². The summed E-state index contributed by atoms with van der Waals surface area (Å²) in [5.74, 6) is 0.262. The van der Waals surface area contributed by atoms with Gasteiger partial charge in [0.05, 0.1) is 0 Å². The minimum Gasteiger partial charge on any atom is -0.326 e. The van der Waals surface area contributed by atoms with Crippen LogP contribution < -0.4 is 15.2 Å². The highest BCUT2D eigenvalue weighted by Gasteiger charge is 2.16. The predicted molar refractivity (Wildman–Crippen MR) is 53.6 cm³/mol. The fourth-order valence-electron chi connectivity index (χ4n) is 0.994. The molecule has 0 aliphatic heterocycles. The number of pyridine rings is 1. The Hall–Kier alpha value is -1.18. The Kier molecular flexibility index (Phi) is 3.04. The second kappa shape index (κ2) is 3.91. The molecule has 1 aromatic rings. The van der Waals surface area contributed by atoms with E-state index in [0.717, 1.165) is 4.31 Å². The Morgan fingerprint density at radius 3 is 2.71 bits per heavy atom. The van der Waals surface area contributed by atoms with Crippen molar-refractivity contribution in [2.75, 3.05) is 11.4 Å². The van der Waals surface area contributed by atoms with Gasteiger partial charge < -0.3 is 5.73 Å². The van der Waals surface area contributed by atoms with Gasteiger partial charge in [-0.25, -0.2) is 14.4 Å². The van der Waals surface area contributed by atoms with Gasteiger partial charge in [0.2, 0.25) is 0 Å². The van der Waals surface area contributed by atoms with Gasteiger partial charge in [-0.3, -0.25) is 0 Å². The van der Waals surface area contributed by atoms with Gasteiger partial charge in [-0.15, -0.1) is 0 Å². The van der Waals surface area contributed by atoms with E-state index in [-0.39, 0.29) is 12.4 Å². The first-order valence-electron chi connectivity index (χ1n) is 3.87. The zero-order valence-electron chi connectivity index (χ0n) is 7.71. The highest BCUT2D eigenvalue weighted by Crippen LogP contribution is 2.16. The van der Waals surface area contributed by atoms with E-state index in [4.69, 9.17) is 10.9 Å². The van der Waals surface area contributed by atoms with Gasteiger partial charge in [-0.1, -0.05) is 6.07 Å². The Labute approximate surface area is 82.7 Å². The molecule has 0 aliphatic rings.